The van der Waals surface area contributed by atoms with Gasteiger partial charge in [-0.15, -0.1) is 0 Å². The lowest BCUT2D eigenvalue weighted by Gasteiger charge is -2.13. The molecule has 0 spiro atoms. The van der Waals surface area contributed by atoms with E-state index < -0.39 is 0 Å². The first-order valence-electron chi connectivity index (χ1n) is 7.09. The molecule has 104 valence electrons. The van der Waals surface area contributed by atoms with E-state index in [1.54, 1.807) is 13.3 Å². The summed E-state index contributed by atoms with van der Waals surface area (Å²) in [5.41, 5.74) is 1.80. The monoisotopic (exact) mass is 269 g/mol. The maximum atomic E-state index is 5.33. The Morgan fingerprint density at radius 2 is 2.00 bits per heavy atom. The molecular weight excluding hydrogens is 250 g/mol. The Kier molecular flexibility index (Phi) is 3.81. The second-order valence-electron chi connectivity index (χ2n) is 5.11. The van der Waals surface area contributed by atoms with Gasteiger partial charge in [0.05, 0.1) is 7.11 Å². The van der Waals surface area contributed by atoms with Crippen LogP contribution in [-0.2, 0) is 0 Å². The van der Waals surface area contributed by atoms with Crippen LogP contribution in [0.2, 0.25) is 0 Å². The van der Waals surface area contributed by atoms with Gasteiger partial charge < -0.3 is 10.1 Å². The van der Waals surface area contributed by atoms with Crippen molar-refractivity contribution in [3.8, 4) is 17.0 Å². The number of hydrogen-bond acceptors (Lipinski definition) is 4. The molecule has 0 aliphatic heterocycles. The van der Waals surface area contributed by atoms with Crippen LogP contribution in [0.3, 0.4) is 0 Å². The van der Waals surface area contributed by atoms with Crippen molar-refractivity contribution < 1.29 is 4.74 Å². The Bertz CT molecular complexity index is 562. The molecular formula is C16H19N3O. The highest BCUT2D eigenvalue weighted by Gasteiger charge is 2.15. The fourth-order valence-corrected chi connectivity index (χ4v) is 2.67. The van der Waals surface area contributed by atoms with Gasteiger partial charge >= 0.3 is 0 Å². The summed E-state index contributed by atoms with van der Waals surface area (Å²) >= 11 is 0. The lowest BCUT2D eigenvalue weighted by molar-refractivity contribution is 0.415. The number of anilines is 1. The molecule has 0 amide bonds. The minimum Gasteiger partial charge on any atom is -0.494 e. The summed E-state index contributed by atoms with van der Waals surface area (Å²) in [6, 6.07) is 8.41. The Morgan fingerprint density at radius 1 is 1.15 bits per heavy atom. The van der Waals surface area contributed by atoms with Gasteiger partial charge in [-0.25, -0.2) is 4.98 Å². The molecule has 0 aromatic carbocycles. The van der Waals surface area contributed by atoms with Crippen molar-refractivity contribution in [2.75, 3.05) is 12.4 Å². The van der Waals surface area contributed by atoms with E-state index in [-0.39, 0.29) is 0 Å². The standard InChI is InChI=1S/C16H19N3O/c1-20-14-7-4-10-17-16(14)12-8-9-15(18-11-12)19-13-5-2-3-6-13/h4,7-11,13H,2-3,5-6H2,1H3,(H,18,19). The average Bonchev–Trinajstić information content (AvgIpc) is 3.01. The van der Waals surface area contributed by atoms with Crippen LogP contribution in [-0.4, -0.2) is 23.1 Å². The highest BCUT2D eigenvalue weighted by Crippen LogP contribution is 2.27. The third-order valence-electron chi connectivity index (χ3n) is 3.73. The molecule has 3 rings (SSSR count). The van der Waals surface area contributed by atoms with Gasteiger partial charge in [-0.05, 0) is 37.1 Å². The topological polar surface area (TPSA) is 47.0 Å². The zero-order valence-electron chi connectivity index (χ0n) is 11.7. The van der Waals surface area contributed by atoms with Crippen LogP contribution < -0.4 is 10.1 Å². The average molecular weight is 269 g/mol. The van der Waals surface area contributed by atoms with Gasteiger partial charge in [0.15, 0.2) is 0 Å². The molecule has 2 aromatic heterocycles. The third kappa shape index (κ3) is 2.74. The summed E-state index contributed by atoms with van der Waals surface area (Å²) in [7, 11) is 1.66. The number of ether oxygens (including phenoxy) is 1. The summed E-state index contributed by atoms with van der Waals surface area (Å²) in [5, 5.41) is 3.49. The van der Waals surface area contributed by atoms with Gasteiger partial charge in [0, 0.05) is 24.0 Å². The molecule has 0 unspecified atom stereocenters. The molecule has 0 radical (unpaired) electrons. The van der Waals surface area contributed by atoms with Gasteiger partial charge in [-0.1, -0.05) is 12.8 Å². The predicted octanol–water partition coefficient (Wildman–Crippen LogP) is 3.51. The Morgan fingerprint density at radius 3 is 2.70 bits per heavy atom. The van der Waals surface area contributed by atoms with E-state index >= 15 is 0 Å². The first-order chi connectivity index (χ1) is 9.86. The maximum Gasteiger partial charge on any atom is 0.145 e. The first kappa shape index (κ1) is 12.9. The van der Waals surface area contributed by atoms with Gasteiger partial charge in [0.2, 0.25) is 0 Å². The van der Waals surface area contributed by atoms with Crippen LogP contribution in [0.25, 0.3) is 11.3 Å². The zero-order chi connectivity index (χ0) is 13.8. The van der Waals surface area contributed by atoms with E-state index in [9.17, 15) is 0 Å². The summed E-state index contributed by atoms with van der Waals surface area (Å²) in [6.45, 7) is 0. The molecule has 1 N–H and O–H groups in total. The largest absolute Gasteiger partial charge is 0.494 e. The van der Waals surface area contributed by atoms with Crippen LogP contribution >= 0.6 is 0 Å². The number of pyridine rings is 2. The third-order valence-corrected chi connectivity index (χ3v) is 3.73. The van der Waals surface area contributed by atoms with Crippen molar-refractivity contribution in [3.63, 3.8) is 0 Å². The minimum atomic E-state index is 0.581. The number of rotatable bonds is 4. The summed E-state index contributed by atoms with van der Waals surface area (Å²) in [6.07, 6.45) is 8.75. The molecule has 1 aliphatic carbocycles. The highest BCUT2D eigenvalue weighted by atomic mass is 16.5. The fourth-order valence-electron chi connectivity index (χ4n) is 2.67. The normalized spacial score (nSPS) is 15.2. The molecule has 2 heterocycles. The van der Waals surface area contributed by atoms with E-state index in [0.717, 1.165) is 22.8 Å². The van der Waals surface area contributed by atoms with Crippen molar-refractivity contribution in [3.05, 3.63) is 36.7 Å². The smallest absolute Gasteiger partial charge is 0.145 e. The predicted molar refractivity (Wildman–Crippen MR) is 79.9 cm³/mol. The van der Waals surface area contributed by atoms with Crippen molar-refractivity contribution >= 4 is 5.82 Å². The number of nitrogens with one attached hydrogen (secondary N) is 1. The molecule has 20 heavy (non-hydrogen) atoms. The molecule has 2 aromatic rings. The van der Waals surface area contributed by atoms with E-state index in [1.807, 2.05) is 30.5 Å². The number of aromatic nitrogens is 2. The van der Waals surface area contributed by atoms with Crippen molar-refractivity contribution in [2.45, 2.75) is 31.7 Å². The van der Waals surface area contributed by atoms with E-state index in [2.05, 4.69) is 15.3 Å². The molecule has 0 bridgehead atoms. The van der Waals surface area contributed by atoms with Crippen LogP contribution in [0.15, 0.2) is 36.7 Å². The first-order valence-corrected chi connectivity index (χ1v) is 7.09. The summed E-state index contributed by atoms with van der Waals surface area (Å²) in [4.78, 5) is 8.85. The Labute approximate surface area is 119 Å². The maximum absolute atomic E-state index is 5.33. The highest BCUT2D eigenvalue weighted by molar-refractivity contribution is 5.66. The quantitative estimate of drug-likeness (QED) is 0.922. The number of nitrogens with zero attached hydrogens (tertiary/aromatic N) is 2. The van der Waals surface area contributed by atoms with E-state index in [1.165, 1.54) is 25.7 Å². The van der Waals surface area contributed by atoms with Crippen LogP contribution in [0.5, 0.6) is 5.75 Å². The molecule has 4 heteroatoms. The Balaban J connectivity index is 1.78. The zero-order valence-corrected chi connectivity index (χ0v) is 11.7. The van der Waals surface area contributed by atoms with Gasteiger partial charge in [-0.2, -0.15) is 0 Å². The minimum absolute atomic E-state index is 0.581. The van der Waals surface area contributed by atoms with Crippen molar-refractivity contribution in [1.29, 1.82) is 0 Å². The van der Waals surface area contributed by atoms with Crippen molar-refractivity contribution in [2.24, 2.45) is 0 Å². The lowest BCUT2D eigenvalue weighted by Crippen LogP contribution is -2.15. The van der Waals surface area contributed by atoms with Gasteiger partial charge in [0.1, 0.15) is 17.3 Å². The van der Waals surface area contributed by atoms with Crippen molar-refractivity contribution in [1.82, 2.24) is 9.97 Å². The van der Waals surface area contributed by atoms with Crippen LogP contribution in [0.1, 0.15) is 25.7 Å². The van der Waals surface area contributed by atoms with Gasteiger partial charge in [0.25, 0.3) is 0 Å². The second-order valence-corrected chi connectivity index (χ2v) is 5.11. The number of hydrogen-bond donors (Lipinski definition) is 1. The molecule has 1 saturated carbocycles. The molecule has 1 aliphatic rings. The van der Waals surface area contributed by atoms with E-state index in [0.29, 0.717) is 6.04 Å². The Hall–Kier alpha value is -2.10. The summed E-state index contributed by atoms with van der Waals surface area (Å²) in [5.74, 6) is 1.71. The number of methoxy groups -OCH3 is 1. The van der Waals surface area contributed by atoms with Crippen LogP contribution in [0, 0.1) is 0 Å². The fraction of sp³-hybridized carbons (Fsp3) is 0.375. The second kappa shape index (κ2) is 5.90. The molecule has 0 atom stereocenters. The molecule has 1 fully saturated rings. The van der Waals surface area contributed by atoms with Gasteiger partial charge in [-0.3, -0.25) is 4.98 Å². The van der Waals surface area contributed by atoms with E-state index in [4.69, 9.17) is 4.74 Å². The lowest BCUT2D eigenvalue weighted by atomic mass is 10.1. The summed E-state index contributed by atoms with van der Waals surface area (Å²) < 4.78 is 5.33. The van der Waals surface area contributed by atoms with Crippen LogP contribution in [0.4, 0.5) is 5.82 Å². The SMILES string of the molecule is COc1cccnc1-c1ccc(NC2CCCC2)nc1. The molecule has 0 saturated heterocycles. The molecule has 4 nitrogen and oxygen atoms in total.